The van der Waals surface area contributed by atoms with E-state index in [0.29, 0.717) is 39.1 Å². The summed E-state index contributed by atoms with van der Waals surface area (Å²) in [6.45, 7) is 1.98. The lowest BCUT2D eigenvalue weighted by atomic mass is 9.85. The fraction of sp³-hybridized carbons (Fsp3) is 0.643. The van der Waals surface area contributed by atoms with Crippen LogP contribution in [-0.2, 0) is 19.1 Å². The maximum absolute atomic E-state index is 12.2. The molecule has 0 N–H and O–H groups in total. The van der Waals surface area contributed by atoms with Crippen molar-refractivity contribution >= 4 is 17.7 Å². The third-order valence-electron chi connectivity index (χ3n) is 4.26. The number of carbonyl (C=O) groups excluding carboxylic acids is 3. The molecule has 0 saturated carbocycles. The zero-order valence-corrected chi connectivity index (χ0v) is 11.3. The summed E-state index contributed by atoms with van der Waals surface area (Å²) in [6, 6.07) is 0. The van der Waals surface area contributed by atoms with E-state index in [9.17, 15) is 14.4 Å². The molecule has 0 spiro atoms. The summed E-state index contributed by atoms with van der Waals surface area (Å²) < 4.78 is 5.19. The highest BCUT2D eigenvalue weighted by Gasteiger charge is 2.47. The second-order valence-corrected chi connectivity index (χ2v) is 5.41. The first-order valence-electron chi connectivity index (χ1n) is 7.04. The Morgan fingerprint density at radius 1 is 1.10 bits per heavy atom. The van der Waals surface area contributed by atoms with Gasteiger partial charge in [-0.05, 0) is 12.8 Å². The average Bonchev–Trinajstić information content (AvgIpc) is 2.74. The van der Waals surface area contributed by atoms with Gasteiger partial charge in [0.15, 0.2) is 0 Å². The van der Waals surface area contributed by atoms with Gasteiger partial charge in [0.2, 0.25) is 17.7 Å². The molecule has 3 rings (SSSR count). The van der Waals surface area contributed by atoms with E-state index in [1.165, 1.54) is 0 Å². The Morgan fingerprint density at radius 3 is 2.20 bits per heavy atom. The van der Waals surface area contributed by atoms with Gasteiger partial charge in [-0.3, -0.25) is 19.3 Å². The summed E-state index contributed by atoms with van der Waals surface area (Å²) in [5.74, 6) is -1.06. The molecule has 6 nitrogen and oxygen atoms in total. The van der Waals surface area contributed by atoms with Crippen molar-refractivity contribution in [2.75, 3.05) is 32.8 Å². The molecule has 0 bridgehead atoms. The van der Waals surface area contributed by atoms with Gasteiger partial charge in [0.1, 0.15) is 6.54 Å². The Hall–Kier alpha value is -1.69. The molecule has 2 aliphatic heterocycles. The van der Waals surface area contributed by atoms with E-state index in [4.69, 9.17) is 4.74 Å². The van der Waals surface area contributed by atoms with Crippen LogP contribution >= 0.6 is 0 Å². The largest absolute Gasteiger partial charge is 0.378 e. The first-order chi connectivity index (χ1) is 9.68. The summed E-state index contributed by atoms with van der Waals surface area (Å²) in [7, 11) is 0. The molecule has 2 heterocycles. The fourth-order valence-corrected chi connectivity index (χ4v) is 3.07. The van der Waals surface area contributed by atoms with Crippen molar-refractivity contribution in [3.8, 4) is 0 Å². The van der Waals surface area contributed by atoms with Gasteiger partial charge in [-0.15, -0.1) is 0 Å². The second-order valence-electron chi connectivity index (χ2n) is 5.41. The Labute approximate surface area is 117 Å². The van der Waals surface area contributed by atoms with E-state index >= 15 is 0 Å². The van der Waals surface area contributed by atoms with Crippen LogP contribution in [0.4, 0.5) is 0 Å². The highest BCUT2D eigenvalue weighted by molar-refractivity contribution is 6.07. The minimum absolute atomic E-state index is 0.120. The summed E-state index contributed by atoms with van der Waals surface area (Å²) >= 11 is 0. The van der Waals surface area contributed by atoms with Crippen LogP contribution in [0.3, 0.4) is 0 Å². The van der Waals surface area contributed by atoms with Crippen LogP contribution in [0.25, 0.3) is 0 Å². The predicted octanol–water partition coefficient (Wildman–Crippen LogP) is -0.204. The van der Waals surface area contributed by atoms with Gasteiger partial charge in [-0.2, -0.15) is 0 Å². The first-order valence-corrected chi connectivity index (χ1v) is 7.04. The summed E-state index contributed by atoms with van der Waals surface area (Å²) in [6.07, 6.45) is 5.11. The van der Waals surface area contributed by atoms with Crippen LogP contribution in [0.15, 0.2) is 12.2 Å². The molecule has 0 radical (unpaired) electrons. The Bertz CT molecular complexity index is 442. The van der Waals surface area contributed by atoms with Crippen LogP contribution in [0.2, 0.25) is 0 Å². The summed E-state index contributed by atoms with van der Waals surface area (Å²) in [4.78, 5) is 39.5. The molecular formula is C14H18N2O4. The van der Waals surface area contributed by atoms with Crippen molar-refractivity contribution in [2.45, 2.75) is 12.8 Å². The minimum Gasteiger partial charge on any atom is -0.378 e. The average molecular weight is 278 g/mol. The van der Waals surface area contributed by atoms with E-state index in [2.05, 4.69) is 0 Å². The quantitative estimate of drug-likeness (QED) is 0.518. The minimum atomic E-state index is -0.259. The lowest BCUT2D eigenvalue weighted by Gasteiger charge is -2.28. The number of amides is 3. The van der Waals surface area contributed by atoms with E-state index < -0.39 is 0 Å². The van der Waals surface area contributed by atoms with Crippen molar-refractivity contribution in [3.05, 3.63) is 12.2 Å². The van der Waals surface area contributed by atoms with Crippen LogP contribution in [-0.4, -0.2) is 60.4 Å². The molecule has 3 amide bonds. The smallest absolute Gasteiger partial charge is 0.242 e. The molecule has 0 aromatic carbocycles. The fourth-order valence-electron chi connectivity index (χ4n) is 3.07. The number of nitrogens with zero attached hydrogens (tertiary/aromatic N) is 2. The highest BCUT2D eigenvalue weighted by atomic mass is 16.5. The SMILES string of the molecule is O=C(CN1C(=O)[C@H]2CC=CC[C@@H]2C1=O)N1CCOCC1. The zero-order chi connectivity index (χ0) is 14.1. The molecule has 20 heavy (non-hydrogen) atoms. The van der Waals surface area contributed by atoms with Gasteiger partial charge in [-0.25, -0.2) is 0 Å². The normalized spacial score (nSPS) is 29.8. The number of likely N-dealkylation sites (tertiary alicyclic amines) is 1. The molecule has 2 saturated heterocycles. The van der Waals surface area contributed by atoms with Crippen molar-refractivity contribution < 1.29 is 19.1 Å². The number of imide groups is 1. The lowest BCUT2D eigenvalue weighted by molar-refractivity contribution is -0.148. The third-order valence-corrected chi connectivity index (χ3v) is 4.26. The zero-order valence-electron chi connectivity index (χ0n) is 11.3. The molecule has 0 unspecified atom stereocenters. The van der Waals surface area contributed by atoms with Gasteiger partial charge in [0, 0.05) is 13.1 Å². The number of allylic oxidation sites excluding steroid dienone is 2. The van der Waals surface area contributed by atoms with Gasteiger partial charge in [-0.1, -0.05) is 12.2 Å². The van der Waals surface area contributed by atoms with E-state index in [-0.39, 0.29) is 36.1 Å². The van der Waals surface area contributed by atoms with Crippen molar-refractivity contribution in [3.63, 3.8) is 0 Å². The number of ether oxygens (including phenoxy) is 1. The standard InChI is InChI=1S/C14H18N2O4/c17-12(15-5-7-20-8-6-15)9-16-13(18)10-3-1-2-4-11(10)14(16)19/h1-2,10-11H,3-9H2/t10-,11-/m0/s1. The van der Waals surface area contributed by atoms with Crippen molar-refractivity contribution in [2.24, 2.45) is 11.8 Å². The van der Waals surface area contributed by atoms with Gasteiger partial charge in [0.25, 0.3) is 0 Å². The van der Waals surface area contributed by atoms with Crippen LogP contribution in [0.1, 0.15) is 12.8 Å². The molecular weight excluding hydrogens is 260 g/mol. The molecule has 2 atom stereocenters. The molecule has 0 aromatic heterocycles. The molecule has 3 aliphatic rings. The number of fused-ring (bicyclic) bond motifs is 1. The topological polar surface area (TPSA) is 66.9 Å². The number of rotatable bonds is 2. The molecule has 108 valence electrons. The second kappa shape index (κ2) is 5.36. The van der Waals surface area contributed by atoms with Crippen LogP contribution in [0, 0.1) is 11.8 Å². The molecule has 6 heteroatoms. The Kier molecular flexibility index (Phi) is 3.56. The van der Waals surface area contributed by atoms with Crippen molar-refractivity contribution in [1.29, 1.82) is 0 Å². The number of hydrogen-bond donors (Lipinski definition) is 0. The molecule has 1 aliphatic carbocycles. The highest BCUT2D eigenvalue weighted by Crippen LogP contribution is 2.34. The Morgan fingerprint density at radius 2 is 1.65 bits per heavy atom. The number of morpholine rings is 1. The summed E-state index contributed by atoms with van der Waals surface area (Å²) in [5.41, 5.74) is 0. The third kappa shape index (κ3) is 2.24. The van der Waals surface area contributed by atoms with Crippen molar-refractivity contribution in [1.82, 2.24) is 9.80 Å². The van der Waals surface area contributed by atoms with Gasteiger partial charge < -0.3 is 9.64 Å². The summed E-state index contributed by atoms with van der Waals surface area (Å²) in [5, 5.41) is 0. The number of carbonyl (C=O) groups is 3. The maximum atomic E-state index is 12.2. The number of hydrogen-bond acceptors (Lipinski definition) is 4. The van der Waals surface area contributed by atoms with E-state index in [1.807, 2.05) is 12.2 Å². The van der Waals surface area contributed by atoms with E-state index in [0.717, 1.165) is 4.90 Å². The monoisotopic (exact) mass is 278 g/mol. The molecule has 0 aromatic rings. The van der Waals surface area contributed by atoms with Gasteiger partial charge >= 0.3 is 0 Å². The van der Waals surface area contributed by atoms with Crippen LogP contribution < -0.4 is 0 Å². The maximum Gasteiger partial charge on any atom is 0.242 e. The lowest BCUT2D eigenvalue weighted by Crippen LogP contribution is -2.47. The van der Waals surface area contributed by atoms with Gasteiger partial charge in [0.05, 0.1) is 25.0 Å². The van der Waals surface area contributed by atoms with Crippen LogP contribution in [0.5, 0.6) is 0 Å². The molecule has 2 fully saturated rings. The first kappa shape index (κ1) is 13.3. The van der Waals surface area contributed by atoms with E-state index in [1.54, 1.807) is 4.90 Å². The Balaban J connectivity index is 1.66. The predicted molar refractivity (Wildman–Crippen MR) is 69.5 cm³/mol.